The van der Waals surface area contributed by atoms with Crippen LogP contribution in [0.4, 0.5) is 4.79 Å². The molecular formula is C15H18N2O3. The van der Waals surface area contributed by atoms with Gasteiger partial charge in [-0.1, -0.05) is 6.92 Å². The Morgan fingerprint density at radius 1 is 1.25 bits per heavy atom. The van der Waals surface area contributed by atoms with Crippen LogP contribution in [0.15, 0.2) is 24.4 Å². The van der Waals surface area contributed by atoms with Crippen molar-refractivity contribution in [3.8, 4) is 0 Å². The van der Waals surface area contributed by atoms with Gasteiger partial charge in [0.05, 0.1) is 11.0 Å². The first-order valence-corrected chi connectivity index (χ1v) is 6.56. The molecule has 0 aromatic carbocycles. The Labute approximate surface area is 117 Å². The van der Waals surface area contributed by atoms with E-state index in [2.05, 4.69) is 4.98 Å². The van der Waals surface area contributed by atoms with Gasteiger partial charge in [0.1, 0.15) is 11.3 Å². The van der Waals surface area contributed by atoms with Gasteiger partial charge in [-0.15, -0.1) is 0 Å². The number of carbonyl (C=O) groups is 2. The molecule has 0 aliphatic carbocycles. The number of ketones is 1. The van der Waals surface area contributed by atoms with Crippen LogP contribution < -0.4 is 0 Å². The van der Waals surface area contributed by atoms with Crippen molar-refractivity contribution in [2.75, 3.05) is 0 Å². The highest BCUT2D eigenvalue weighted by Crippen LogP contribution is 2.17. The second kappa shape index (κ2) is 5.07. The maximum Gasteiger partial charge on any atom is 0.419 e. The molecule has 0 unspecified atom stereocenters. The lowest BCUT2D eigenvalue weighted by atomic mass is 10.2. The molecule has 0 aliphatic rings. The zero-order valence-corrected chi connectivity index (χ0v) is 12.1. The van der Waals surface area contributed by atoms with Crippen molar-refractivity contribution in [1.82, 2.24) is 9.55 Å². The normalized spacial score (nSPS) is 11.6. The Morgan fingerprint density at radius 2 is 1.95 bits per heavy atom. The van der Waals surface area contributed by atoms with Crippen molar-refractivity contribution in [2.24, 2.45) is 0 Å². The molecule has 5 nitrogen and oxygen atoms in total. The minimum atomic E-state index is -0.556. The zero-order valence-electron chi connectivity index (χ0n) is 12.1. The van der Waals surface area contributed by atoms with Gasteiger partial charge in [0.25, 0.3) is 0 Å². The van der Waals surface area contributed by atoms with Gasteiger partial charge in [0.2, 0.25) is 0 Å². The van der Waals surface area contributed by atoms with Crippen LogP contribution in [-0.2, 0) is 4.74 Å². The Bertz CT molecular complexity index is 665. The van der Waals surface area contributed by atoms with Gasteiger partial charge >= 0.3 is 6.09 Å². The van der Waals surface area contributed by atoms with Gasteiger partial charge in [0.15, 0.2) is 5.78 Å². The van der Waals surface area contributed by atoms with E-state index in [4.69, 9.17) is 4.74 Å². The molecule has 0 fully saturated rings. The van der Waals surface area contributed by atoms with Crippen LogP contribution in [-0.4, -0.2) is 27.0 Å². The molecule has 0 atom stereocenters. The van der Waals surface area contributed by atoms with Crippen LogP contribution in [0.25, 0.3) is 11.0 Å². The molecular weight excluding hydrogens is 256 g/mol. The smallest absolute Gasteiger partial charge is 0.419 e. The third kappa shape index (κ3) is 2.87. The van der Waals surface area contributed by atoms with Crippen LogP contribution in [0, 0.1) is 0 Å². The molecule has 2 aromatic heterocycles. The molecule has 0 spiro atoms. The number of ether oxygens (including phenoxy) is 1. The summed E-state index contributed by atoms with van der Waals surface area (Å²) in [6.45, 7) is 7.23. The zero-order chi connectivity index (χ0) is 14.9. The fourth-order valence-electron chi connectivity index (χ4n) is 1.83. The highest BCUT2D eigenvalue weighted by atomic mass is 16.6. The highest BCUT2D eigenvalue weighted by Gasteiger charge is 2.19. The summed E-state index contributed by atoms with van der Waals surface area (Å²) in [5, 5.41) is 0. The number of pyridine rings is 1. The first kappa shape index (κ1) is 14.2. The van der Waals surface area contributed by atoms with Crippen molar-refractivity contribution in [1.29, 1.82) is 0 Å². The van der Waals surface area contributed by atoms with E-state index < -0.39 is 11.7 Å². The fourth-order valence-corrected chi connectivity index (χ4v) is 1.83. The maximum atomic E-state index is 12.1. The summed E-state index contributed by atoms with van der Waals surface area (Å²) in [7, 11) is 0. The highest BCUT2D eigenvalue weighted by molar-refractivity contribution is 5.97. The van der Waals surface area contributed by atoms with Crippen molar-refractivity contribution in [3.63, 3.8) is 0 Å². The topological polar surface area (TPSA) is 61.2 Å². The van der Waals surface area contributed by atoms with Crippen LogP contribution in [0.5, 0.6) is 0 Å². The van der Waals surface area contributed by atoms with Crippen LogP contribution in [0.1, 0.15) is 44.6 Å². The Hall–Kier alpha value is -2.17. The summed E-state index contributed by atoms with van der Waals surface area (Å²) >= 11 is 0. The Balaban J connectivity index is 2.38. The predicted octanol–water partition coefficient (Wildman–Crippen LogP) is 3.41. The van der Waals surface area contributed by atoms with Crippen LogP contribution in [0.3, 0.4) is 0 Å². The molecule has 0 amide bonds. The average molecular weight is 274 g/mol. The summed E-state index contributed by atoms with van der Waals surface area (Å²) in [6, 6.07) is 5.05. The van der Waals surface area contributed by atoms with E-state index in [0.717, 1.165) is 0 Å². The summed E-state index contributed by atoms with van der Waals surface area (Å²) in [6.07, 6.45) is 1.56. The molecule has 106 valence electrons. The van der Waals surface area contributed by atoms with E-state index in [-0.39, 0.29) is 5.78 Å². The van der Waals surface area contributed by atoms with E-state index >= 15 is 0 Å². The van der Waals surface area contributed by atoms with Crippen LogP contribution in [0.2, 0.25) is 0 Å². The van der Waals surface area contributed by atoms with Crippen molar-refractivity contribution < 1.29 is 14.3 Å². The van der Waals surface area contributed by atoms with Gasteiger partial charge in [-0.2, -0.15) is 0 Å². The number of rotatable bonds is 2. The van der Waals surface area contributed by atoms with E-state index in [9.17, 15) is 9.59 Å². The predicted molar refractivity (Wildman–Crippen MR) is 76.0 cm³/mol. The van der Waals surface area contributed by atoms with Gasteiger partial charge < -0.3 is 4.74 Å². The lowest BCUT2D eigenvalue weighted by Gasteiger charge is -2.19. The number of Topliss-reactive ketones (excluding diaryl/α,β-unsaturated/α-hetero) is 1. The van der Waals surface area contributed by atoms with Gasteiger partial charge in [-0.05, 0) is 39.0 Å². The minimum absolute atomic E-state index is 0.0167. The molecule has 0 radical (unpaired) electrons. The molecule has 5 heteroatoms. The Morgan fingerprint density at radius 3 is 2.55 bits per heavy atom. The molecule has 2 heterocycles. The van der Waals surface area contributed by atoms with Crippen molar-refractivity contribution in [3.05, 3.63) is 30.1 Å². The molecule has 20 heavy (non-hydrogen) atoms. The second-order valence-electron chi connectivity index (χ2n) is 5.54. The SMILES string of the molecule is CCC(=O)c1ccc2c(ccn2C(=O)OC(C)(C)C)n1. The van der Waals surface area contributed by atoms with Gasteiger partial charge in [-0.3, -0.25) is 9.36 Å². The third-order valence-electron chi connectivity index (χ3n) is 2.74. The molecule has 0 saturated heterocycles. The van der Waals surface area contributed by atoms with E-state index in [0.29, 0.717) is 23.1 Å². The first-order chi connectivity index (χ1) is 9.31. The number of fused-ring (bicyclic) bond motifs is 1. The van der Waals surface area contributed by atoms with E-state index in [1.54, 1.807) is 31.3 Å². The Kier molecular flexibility index (Phi) is 3.61. The molecule has 2 aromatic rings. The number of aromatic nitrogens is 2. The second-order valence-corrected chi connectivity index (χ2v) is 5.54. The number of carbonyl (C=O) groups excluding carboxylic acids is 2. The fraction of sp³-hybridized carbons (Fsp3) is 0.400. The molecule has 0 bridgehead atoms. The summed E-state index contributed by atoms with van der Waals surface area (Å²) in [5.74, 6) is -0.0167. The molecule has 0 N–H and O–H groups in total. The minimum Gasteiger partial charge on any atom is -0.443 e. The monoisotopic (exact) mass is 274 g/mol. The summed E-state index contributed by atoms with van der Waals surface area (Å²) in [5.41, 5.74) is 1.10. The molecule has 0 aliphatic heterocycles. The number of hydrogen-bond donors (Lipinski definition) is 0. The molecule has 2 rings (SSSR count). The summed E-state index contributed by atoms with van der Waals surface area (Å²) in [4.78, 5) is 27.9. The number of nitrogens with zero attached hydrogens (tertiary/aromatic N) is 2. The maximum absolute atomic E-state index is 12.1. The first-order valence-electron chi connectivity index (χ1n) is 6.56. The summed E-state index contributed by atoms with van der Waals surface area (Å²) < 4.78 is 6.71. The lowest BCUT2D eigenvalue weighted by molar-refractivity contribution is 0.0544. The largest absolute Gasteiger partial charge is 0.443 e. The van der Waals surface area contributed by atoms with Crippen molar-refractivity contribution in [2.45, 2.75) is 39.7 Å². The van der Waals surface area contributed by atoms with Crippen LogP contribution >= 0.6 is 0 Å². The third-order valence-corrected chi connectivity index (χ3v) is 2.74. The standard InChI is InChI=1S/C15H18N2O3/c1-5-13(18)11-6-7-12-10(16-11)8-9-17(12)14(19)20-15(2,3)4/h6-9H,5H2,1-4H3. The average Bonchev–Trinajstić information content (AvgIpc) is 2.78. The van der Waals surface area contributed by atoms with Gasteiger partial charge in [-0.25, -0.2) is 9.78 Å². The lowest BCUT2D eigenvalue weighted by Crippen LogP contribution is -2.26. The number of hydrogen-bond acceptors (Lipinski definition) is 4. The van der Waals surface area contributed by atoms with E-state index in [1.165, 1.54) is 4.57 Å². The van der Waals surface area contributed by atoms with E-state index in [1.807, 2.05) is 20.8 Å². The quantitative estimate of drug-likeness (QED) is 0.787. The van der Waals surface area contributed by atoms with Crippen molar-refractivity contribution >= 4 is 22.9 Å². The molecule has 0 saturated carbocycles. The van der Waals surface area contributed by atoms with Gasteiger partial charge in [0, 0.05) is 12.6 Å².